The summed E-state index contributed by atoms with van der Waals surface area (Å²) < 4.78 is 16.7. The first-order valence-electron chi connectivity index (χ1n) is 25.3. The van der Waals surface area contributed by atoms with Crippen molar-refractivity contribution in [2.75, 3.05) is 13.2 Å². The van der Waals surface area contributed by atoms with Crippen molar-refractivity contribution in [1.29, 1.82) is 0 Å². The fourth-order valence-corrected chi connectivity index (χ4v) is 11.3. The summed E-state index contributed by atoms with van der Waals surface area (Å²) in [5, 5.41) is 19.3. The molecule has 4 aromatic rings. The van der Waals surface area contributed by atoms with Crippen molar-refractivity contribution in [3.63, 3.8) is 0 Å². The minimum Gasteiger partial charge on any atom is -1.00 e. The zero-order valence-corrected chi connectivity index (χ0v) is 49.1. The number of rotatable bonds is 8. The van der Waals surface area contributed by atoms with Gasteiger partial charge in [0.25, 0.3) is 10.5 Å². The molecule has 73 heavy (non-hydrogen) atoms. The summed E-state index contributed by atoms with van der Waals surface area (Å²) in [4.78, 5) is 47.5. The second kappa shape index (κ2) is 26.1. The molecule has 0 aromatic heterocycles. The van der Waals surface area contributed by atoms with Crippen LogP contribution in [-0.4, -0.2) is 92.3 Å². The summed E-state index contributed by atoms with van der Waals surface area (Å²) in [5.41, 5.74) is 5.60. The number of benzene rings is 4. The van der Waals surface area contributed by atoms with Crippen LogP contribution in [0.4, 0.5) is 0 Å². The Morgan fingerprint density at radius 3 is 0.890 bits per heavy atom. The van der Waals surface area contributed by atoms with Crippen molar-refractivity contribution in [3.8, 4) is 22.3 Å². The molecule has 4 aliphatic heterocycles. The van der Waals surface area contributed by atoms with Crippen LogP contribution in [0.3, 0.4) is 0 Å². The number of nitrogens with one attached hydrogen (secondary N) is 3. The normalized spacial score (nSPS) is 20.4. The van der Waals surface area contributed by atoms with Gasteiger partial charge in [0.2, 0.25) is 0 Å². The molecule has 0 amide bonds. The fraction of sp³-hybridized carbons (Fsp3) is 0.525. The van der Waals surface area contributed by atoms with Crippen LogP contribution in [0.1, 0.15) is 177 Å². The SMILES string of the molecule is C1CCOC1.CC1(C)CC(O)CC(C)(C)N1.CC1(C)CC(OC(=O)c2ccc(-c3ccc(C(=O)OC4CC(C)(C)NC(C)(C)C4)cc3)cc2)CC(C)(C)N1.O=C(Cl)c1ccc(-c2ccc(C(=O)Cl)cc2)cc1.[H-].[Na+]. The molecule has 4 heterocycles. The summed E-state index contributed by atoms with van der Waals surface area (Å²) in [6.07, 6.45) is 7.01. The summed E-state index contributed by atoms with van der Waals surface area (Å²) in [5.74, 6) is -0.588. The number of carbonyl (C=O) groups is 4. The second-order valence-corrected chi connectivity index (χ2v) is 24.5. The molecule has 4 saturated heterocycles. The summed E-state index contributed by atoms with van der Waals surface area (Å²) in [7, 11) is 0. The van der Waals surface area contributed by atoms with Gasteiger partial charge in [-0.2, -0.15) is 0 Å². The van der Waals surface area contributed by atoms with Crippen LogP contribution in [0.5, 0.6) is 0 Å². The van der Waals surface area contributed by atoms with E-state index in [4.69, 9.17) is 37.4 Å². The van der Waals surface area contributed by atoms with Gasteiger partial charge in [-0.3, -0.25) is 9.59 Å². The number of halogens is 2. The van der Waals surface area contributed by atoms with E-state index in [0.717, 1.165) is 74.0 Å². The summed E-state index contributed by atoms with van der Waals surface area (Å²) in [6, 6.07) is 28.7. The Balaban J connectivity index is 0.000000328. The van der Waals surface area contributed by atoms with Gasteiger partial charge in [0.15, 0.2) is 0 Å². The van der Waals surface area contributed by atoms with E-state index in [1.54, 1.807) is 72.8 Å². The molecule has 394 valence electrons. The monoisotopic (exact) mass is 1050 g/mol. The topological polar surface area (TPSA) is 152 Å². The third-order valence-electron chi connectivity index (χ3n) is 13.0. The molecule has 11 nitrogen and oxygen atoms in total. The zero-order chi connectivity index (χ0) is 53.3. The van der Waals surface area contributed by atoms with Gasteiger partial charge >= 0.3 is 41.5 Å². The predicted octanol–water partition coefficient (Wildman–Crippen LogP) is 9.60. The maximum atomic E-state index is 12.8. The number of ether oxygens (including phenoxy) is 3. The standard InChI is InChI=1S/C32H44N2O4.C14H8Cl2O2.C9H19NO.C4H8O.Na.H/c1-29(2)17-25(18-30(3,4)33-29)37-27(35)23-13-9-21(10-14-23)22-11-15-24(16-12-22)28(36)38-26-19-31(5,6)34-32(7,8)20-26;15-13(17)11-5-1-9(2-6-11)10-3-7-12(8-4-10)14(16)18;1-8(2)5-7(11)6-9(3,4)10-8;1-2-4-5-3-1;;/h9-16,25-26,33-34H,17-20H2,1-8H3;1-8H;7,10-11H,5-6H2,1-4H3;1-4H2;;/q;;;;+1;-1. The van der Waals surface area contributed by atoms with Gasteiger partial charge in [-0.1, -0.05) is 48.5 Å². The zero-order valence-electron chi connectivity index (χ0n) is 46.6. The molecule has 0 unspecified atom stereocenters. The minimum absolute atomic E-state index is 0. The first-order valence-corrected chi connectivity index (χ1v) is 26.0. The Morgan fingerprint density at radius 2 is 0.685 bits per heavy atom. The maximum Gasteiger partial charge on any atom is 1.00 e. The van der Waals surface area contributed by atoms with Gasteiger partial charge in [0.1, 0.15) is 12.2 Å². The predicted molar refractivity (Wildman–Crippen MR) is 291 cm³/mol. The van der Waals surface area contributed by atoms with E-state index < -0.39 is 10.5 Å². The van der Waals surface area contributed by atoms with Crippen LogP contribution in [-0.2, 0) is 14.2 Å². The molecule has 14 heteroatoms. The molecule has 0 bridgehead atoms. The Kier molecular flexibility index (Phi) is 22.2. The average Bonchev–Trinajstić information content (AvgIpc) is 3.85. The Labute approximate surface area is 468 Å². The van der Waals surface area contributed by atoms with Gasteiger partial charge in [0.05, 0.1) is 17.2 Å². The van der Waals surface area contributed by atoms with Crippen LogP contribution in [0.25, 0.3) is 22.3 Å². The van der Waals surface area contributed by atoms with Crippen molar-refractivity contribution in [3.05, 3.63) is 119 Å². The summed E-state index contributed by atoms with van der Waals surface area (Å²) in [6.45, 7) is 27.7. The molecule has 0 spiro atoms. The molecule has 8 rings (SSSR count). The second-order valence-electron chi connectivity index (χ2n) is 23.8. The van der Waals surface area contributed by atoms with Crippen LogP contribution in [0.15, 0.2) is 97.1 Å². The molecular weight excluding hydrogens is 973 g/mol. The van der Waals surface area contributed by atoms with Crippen LogP contribution >= 0.6 is 23.2 Å². The third-order valence-corrected chi connectivity index (χ3v) is 13.4. The van der Waals surface area contributed by atoms with Crippen molar-refractivity contribution in [2.45, 2.75) is 186 Å². The van der Waals surface area contributed by atoms with Crippen LogP contribution < -0.4 is 45.5 Å². The van der Waals surface area contributed by atoms with Gasteiger partial charge in [-0.15, -0.1) is 0 Å². The van der Waals surface area contributed by atoms with E-state index in [-0.39, 0.29) is 94.5 Å². The molecular formula is C59H80Cl2N3NaO8. The van der Waals surface area contributed by atoms with E-state index in [0.29, 0.717) is 22.3 Å². The van der Waals surface area contributed by atoms with Crippen molar-refractivity contribution in [1.82, 2.24) is 16.0 Å². The maximum absolute atomic E-state index is 12.8. The molecule has 4 fully saturated rings. The van der Waals surface area contributed by atoms with Gasteiger partial charge in [-0.05, 0) is 203 Å². The van der Waals surface area contributed by atoms with Crippen LogP contribution in [0.2, 0.25) is 0 Å². The number of hydrogen-bond donors (Lipinski definition) is 4. The third kappa shape index (κ3) is 20.5. The van der Waals surface area contributed by atoms with Gasteiger partial charge in [-0.25, -0.2) is 9.59 Å². The van der Waals surface area contributed by atoms with Crippen molar-refractivity contribution >= 4 is 45.6 Å². The van der Waals surface area contributed by atoms with Gasteiger partial charge < -0.3 is 36.7 Å². The van der Waals surface area contributed by atoms with E-state index >= 15 is 0 Å². The molecule has 4 N–H and O–H groups in total. The Hall–Kier alpha value is -3.46. The van der Waals surface area contributed by atoms with E-state index in [9.17, 15) is 24.3 Å². The fourth-order valence-electron chi connectivity index (χ4n) is 11.0. The van der Waals surface area contributed by atoms with Crippen molar-refractivity contribution < 1.29 is 69.5 Å². The number of piperidine rings is 3. The number of hydrogen-bond acceptors (Lipinski definition) is 11. The first-order chi connectivity index (χ1) is 33.4. The Morgan fingerprint density at radius 1 is 0.452 bits per heavy atom. The Bertz CT molecular complexity index is 2250. The van der Waals surface area contributed by atoms with E-state index in [1.807, 2.05) is 24.3 Å². The molecule has 0 radical (unpaired) electrons. The molecule has 4 aliphatic rings. The number of esters is 2. The molecule has 0 atom stereocenters. The number of aliphatic hydroxyl groups excluding tert-OH is 1. The quantitative estimate of drug-likeness (QED) is 0.0759. The minimum atomic E-state index is -0.482. The van der Waals surface area contributed by atoms with E-state index in [1.165, 1.54) is 12.8 Å². The number of carbonyl (C=O) groups excluding carboxylic acids is 4. The smallest absolute Gasteiger partial charge is 1.00 e. The summed E-state index contributed by atoms with van der Waals surface area (Å²) >= 11 is 10.7. The largest absolute Gasteiger partial charge is 1.00 e. The molecule has 0 saturated carbocycles. The molecule has 0 aliphatic carbocycles. The first kappa shape index (κ1) is 62.1. The van der Waals surface area contributed by atoms with Crippen molar-refractivity contribution in [2.24, 2.45) is 0 Å². The van der Waals surface area contributed by atoms with Crippen LogP contribution in [0, 0.1) is 0 Å². The molecule has 4 aromatic carbocycles. The van der Waals surface area contributed by atoms with E-state index in [2.05, 4.69) is 99.0 Å². The van der Waals surface area contributed by atoms with Gasteiger partial charge in [0, 0.05) is 83.3 Å². The number of aliphatic hydroxyl groups is 1. The average molecular weight is 1050 g/mol.